The Morgan fingerprint density at radius 1 is 0.758 bits per heavy atom. The predicted molar refractivity (Wildman–Crippen MR) is 133 cm³/mol. The molecule has 3 N–H and O–H groups in total. The van der Waals surface area contributed by atoms with Gasteiger partial charge in [0.1, 0.15) is 0 Å². The van der Waals surface area contributed by atoms with E-state index in [9.17, 15) is 9.59 Å². The number of nitrogens with two attached hydrogens (primary N) is 1. The van der Waals surface area contributed by atoms with Gasteiger partial charge in [-0.25, -0.2) is 0 Å². The van der Waals surface area contributed by atoms with Crippen molar-refractivity contribution >= 4 is 34.0 Å². The Labute approximate surface area is 192 Å². The lowest BCUT2D eigenvalue weighted by molar-refractivity contribution is 0.0610. The van der Waals surface area contributed by atoms with Crippen LogP contribution in [0.4, 0.5) is 11.4 Å². The summed E-state index contributed by atoms with van der Waals surface area (Å²) in [5, 5.41) is 5.07. The largest absolute Gasteiger partial charge is 0.398 e. The van der Waals surface area contributed by atoms with Crippen LogP contribution in [0.2, 0.25) is 0 Å². The fraction of sp³-hybridized carbons (Fsp3) is 0.143. The van der Waals surface area contributed by atoms with Gasteiger partial charge in [0.15, 0.2) is 0 Å². The van der Waals surface area contributed by atoms with E-state index in [1.807, 2.05) is 60.7 Å². The van der Waals surface area contributed by atoms with E-state index in [2.05, 4.69) is 17.4 Å². The maximum absolute atomic E-state index is 13.0. The molecule has 0 aromatic heterocycles. The quantitative estimate of drug-likeness (QED) is 0.240. The van der Waals surface area contributed by atoms with Crippen LogP contribution in [0.1, 0.15) is 38.3 Å². The van der Waals surface area contributed by atoms with Crippen LogP contribution >= 0.6 is 0 Å². The molecule has 1 aliphatic rings. The molecule has 5 rings (SSSR count). The number of nitrogens with one attached hydrogen (secondary N) is 1. The number of amides is 2. The molecule has 0 saturated carbocycles. The summed E-state index contributed by atoms with van der Waals surface area (Å²) in [5.74, 6) is -0.428. The van der Waals surface area contributed by atoms with E-state index in [0.717, 1.165) is 34.1 Å². The Hall–Kier alpha value is -4.12. The maximum Gasteiger partial charge on any atom is 0.261 e. The SMILES string of the molecule is Nc1ccccc1Cc1ccc(NCCCN2C(=O)c3cccc4cccc(c34)C2=O)cc1. The molecule has 0 saturated heterocycles. The summed E-state index contributed by atoms with van der Waals surface area (Å²) in [4.78, 5) is 27.3. The third-order valence-corrected chi connectivity index (χ3v) is 6.15. The summed E-state index contributed by atoms with van der Waals surface area (Å²) in [6.45, 7) is 1.04. The molecule has 1 heterocycles. The van der Waals surface area contributed by atoms with Gasteiger partial charge in [0.25, 0.3) is 11.8 Å². The van der Waals surface area contributed by atoms with Crippen molar-refractivity contribution < 1.29 is 9.59 Å². The van der Waals surface area contributed by atoms with Crippen LogP contribution in [0.15, 0.2) is 84.9 Å². The molecule has 2 amide bonds. The van der Waals surface area contributed by atoms with Crippen molar-refractivity contribution in [3.8, 4) is 0 Å². The lowest BCUT2D eigenvalue weighted by Crippen LogP contribution is -2.41. The van der Waals surface area contributed by atoms with Crippen LogP contribution in [0.5, 0.6) is 0 Å². The molecule has 4 aromatic rings. The Kier molecular flexibility index (Phi) is 5.53. The average Bonchev–Trinajstić information content (AvgIpc) is 2.84. The summed E-state index contributed by atoms with van der Waals surface area (Å²) >= 11 is 0. The van der Waals surface area contributed by atoms with Gasteiger partial charge in [-0.3, -0.25) is 14.5 Å². The van der Waals surface area contributed by atoms with Gasteiger partial charge in [-0.05, 0) is 59.7 Å². The topological polar surface area (TPSA) is 75.4 Å². The first kappa shape index (κ1) is 20.8. The molecule has 5 heteroatoms. The Balaban J connectivity index is 1.18. The lowest BCUT2D eigenvalue weighted by Gasteiger charge is -2.27. The average molecular weight is 436 g/mol. The van der Waals surface area contributed by atoms with E-state index in [-0.39, 0.29) is 11.8 Å². The number of anilines is 2. The third kappa shape index (κ3) is 4.05. The number of nitrogens with zero attached hydrogens (tertiary/aromatic N) is 1. The van der Waals surface area contributed by atoms with Crippen LogP contribution in [0, 0.1) is 0 Å². The number of hydrogen-bond donors (Lipinski definition) is 2. The normalized spacial score (nSPS) is 12.9. The predicted octanol–water partition coefficient (Wildman–Crippen LogP) is 5.11. The number of carbonyl (C=O) groups is 2. The maximum atomic E-state index is 13.0. The molecule has 0 spiro atoms. The monoisotopic (exact) mass is 435 g/mol. The van der Waals surface area contributed by atoms with Crippen LogP contribution < -0.4 is 11.1 Å². The summed E-state index contributed by atoms with van der Waals surface area (Å²) in [6.07, 6.45) is 1.46. The van der Waals surface area contributed by atoms with Crippen molar-refractivity contribution in [3.63, 3.8) is 0 Å². The van der Waals surface area contributed by atoms with Gasteiger partial charge in [-0.15, -0.1) is 0 Å². The fourth-order valence-electron chi connectivity index (χ4n) is 4.41. The highest BCUT2D eigenvalue weighted by atomic mass is 16.2. The molecule has 0 bridgehead atoms. The molecule has 5 nitrogen and oxygen atoms in total. The summed E-state index contributed by atoms with van der Waals surface area (Å²) in [6, 6.07) is 27.4. The van der Waals surface area contributed by atoms with Gasteiger partial charge >= 0.3 is 0 Å². The van der Waals surface area contributed by atoms with Gasteiger partial charge in [0.05, 0.1) is 0 Å². The minimum absolute atomic E-state index is 0.214. The molecule has 164 valence electrons. The van der Waals surface area contributed by atoms with Crippen molar-refractivity contribution in [1.82, 2.24) is 4.90 Å². The molecule has 0 unspecified atom stereocenters. The van der Waals surface area contributed by atoms with E-state index in [1.165, 1.54) is 10.5 Å². The number of hydrogen-bond acceptors (Lipinski definition) is 4. The first-order valence-corrected chi connectivity index (χ1v) is 11.2. The number of benzene rings is 4. The highest BCUT2D eigenvalue weighted by molar-refractivity contribution is 6.25. The molecule has 4 aromatic carbocycles. The van der Waals surface area contributed by atoms with E-state index in [1.54, 1.807) is 12.1 Å². The van der Waals surface area contributed by atoms with Crippen LogP contribution in [-0.4, -0.2) is 29.8 Å². The molecule has 0 radical (unpaired) electrons. The van der Waals surface area contributed by atoms with Crippen LogP contribution in [-0.2, 0) is 6.42 Å². The number of carbonyl (C=O) groups excluding carboxylic acids is 2. The van der Waals surface area contributed by atoms with Crippen LogP contribution in [0.3, 0.4) is 0 Å². The second-order valence-corrected chi connectivity index (χ2v) is 8.32. The second kappa shape index (κ2) is 8.79. The van der Waals surface area contributed by atoms with E-state index < -0.39 is 0 Å². The zero-order chi connectivity index (χ0) is 22.8. The Morgan fingerprint density at radius 3 is 2.09 bits per heavy atom. The van der Waals surface area contributed by atoms with Crippen molar-refractivity contribution in [2.45, 2.75) is 12.8 Å². The van der Waals surface area contributed by atoms with E-state index in [0.29, 0.717) is 30.6 Å². The Morgan fingerprint density at radius 2 is 1.42 bits per heavy atom. The van der Waals surface area contributed by atoms with Gasteiger partial charge in [0, 0.05) is 41.0 Å². The fourth-order valence-corrected chi connectivity index (χ4v) is 4.41. The van der Waals surface area contributed by atoms with Crippen molar-refractivity contribution in [3.05, 3.63) is 107 Å². The summed E-state index contributed by atoms with van der Waals surface area (Å²) < 4.78 is 0. The highest BCUT2D eigenvalue weighted by Crippen LogP contribution is 2.30. The molecule has 0 fully saturated rings. The smallest absolute Gasteiger partial charge is 0.261 e. The van der Waals surface area contributed by atoms with E-state index in [4.69, 9.17) is 5.73 Å². The van der Waals surface area contributed by atoms with Gasteiger partial charge in [0.2, 0.25) is 0 Å². The van der Waals surface area contributed by atoms with E-state index >= 15 is 0 Å². The molecule has 33 heavy (non-hydrogen) atoms. The Bertz CT molecular complexity index is 1290. The standard InChI is InChI=1S/C28H25N3O2/c29-25-11-2-1-6-21(25)18-19-12-14-22(15-13-19)30-16-5-17-31-27(32)23-9-3-7-20-8-4-10-24(26(20)23)28(31)33/h1-4,6-15,30H,5,16-18,29H2. The summed E-state index contributed by atoms with van der Waals surface area (Å²) in [5.41, 5.74) is 11.4. The molecule has 0 atom stereocenters. The van der Waals surface area contributed by atoms with Crippen molar-refractivity contribution in [2.24, 2.45) is 0 Å². The minimum Gasteiger partial charge on any atom is -0.398 e. The lowest BCUT2D eigenvalue weighted by atomic mass is 9.94. The highest BCUT2D eigenvalue weighted by Gasteiger charge is 2.31. The molecular weight excluding hydrogens is 410 g/mol. The first-order valence-electron chi connectivity index (χ1n) is 11.2. The molecule has 1 aliphatic heterocycles. The second-order valence-electron chi connectivity index (χ2n) is 8.32. The number of nitrogen functional groups attached to an aromatic ring is 1. The van der Waals surface area contributed by atoms with Crippen molar-refractivity contribution in [2.75, 3.05) is 24.1 Å². The minimum atomic E-state index is -0.214. The molecular formula is C28H25N3O2. The summed E-state index contributed by atoms with van der Waals surface area (Å²) in [7, 11) is 0. The van der Waals surface area contributed by atoms with Crippen molar-refractivity contribution in [1.29, 1.82) is 0 Å². The number of rotatable bonds is 7. The zero-order valence-corrected chi connectivity index (χ0v) is 18.3. The number of imide groups is 1. The zero-order valence-electron chi connectivity index (χ0n) is 18.3. The number of para-hydroxylation sites is 1. The van der Waals surface area contributed by atoms with Gasteiger partial charge in [-0.1, -0.05) is 54.6 Å². The first-order chi connectivity index (χ1) is 16.1. The van der Waals surface area contributed by atoms with Gasteiger partial charge < -0.3 is 11.1 Å². The third-order valence-electron chi connectivity index (χ3n) is 6.15. The molecule has 0 aliphatic carbocycles. The van der Waals surface area contributed by atoms with Crippen LogP contribution in [0.25, 0.3) is 10.8 Å². The van der Waals surface area contributed by atoms with Gasteiger partial charge in [-0.2, -0.15) is 0 Å².